The molecule has 2 rings (SSSR count). The van der Waals surface area contributed by atoms with Crippen molar-refractivity contribution in [3.63, 3.8) is 0 Å². The lowest BCUT2D eigenvalue weighted by Crippen LogP contribution is -2.37. The number of alkyl halides is 1. The van der Waals surface area contributed by atoms with Crippen molar-refractivity contribution in [2.45, 2.75) is 45.0 Å². The molecule has 3 nitrogen and oxygen atoms in total. The summed E-state index contributed by atoms with van der Waals surface area (Å²) in [7, 11) is 0. The van der Waals surface area contributed by atoms with Gasteiger partial charge >= 0.3 is 0 Å². The van der Waals surface area contributed by atoms with Crippen LogP contribution in [0.5, 0.6) is 0 Å². The van der Waals surface area contributed by atoms with Crippen molar-refractivity contribution in [1.82, 2.24) is 9.55 Å². The van der Waals surface area contributed by atoms with E-state index in [0.29, 0.717) is 16.7 Å². The molecule has 2 aromatic rings. The predicted octanol–water partition coefficient (Wildman–Crippen LogP) is 3.84. The fourth-order valence-corrected chi connectivity index (χ4v) is 2.34. The van der Waals surface area contributed by atoms with E-state index < -0.39 is 0 Å². The van der Waals surface area contributed by atoms with Gasteiger partial charge in [-0.05, 0) is 39.3 Å². The molecule has 0 spiro atoms. The van der Waals surface area contributed by atoms with Gasteiger partial charge in [-0.25, -0.2) is 4.98 Å². The maximum atomic E-state index is 12.7. The third-order valence-electron chi connectivity index (χ3n) is 3.11. The molecule has 0 aliphatic rings. The summed E-state index contributed by atoms with van der Waals surface area (Å²) in [4.78, 5) is 17.3. The van der Waals surface area contributed by atoms with Crippen LogP contribution in [0, 0.1) is 0 Å². The van der Waals surface area contributed by atoms with Gasteiger partial charge in [-0.15, -0.1) is 11.6 Å². The Bertz CT molecular complexity index is 655. The molecule has 1 heterocycles. The van der Waals surface area contributed by atoms with Crippen LogP contribution in [0.2, 0.25) is 0 Å². The minimum Gasteiger partial charge on any atom is -0.289 e. The Morgan fingerprint density at radius 3 is 2.53 bits per heavy atom. The van der Waals surface area contributed by atoms with Crippen LogP contribution in [0.1, 0.15) is 45.3 Å². The van der Waals surface area contributed by atoms with Gasteiger partial charge in [-0.2, -0.15) is 0 Å². The average Bonchev–Trinajstić information content (AvgIpc) is 2.36. The van der Waals surface area contributed by atoms with Gasteiger partial charge in [0, 0.05) is 5.54 Å². The van der Waals surface area contributed by atoms with Crippen molar-refractivity contribution in [3.05, 3.63) is 40.4 Å². The van der Waals surface area contributed by atoms with Gasteiger partial charge in [0.05, 0.1) is 16.3 Å². The van der Waals surface area contributed by atoms with E-state index in [1.165, 1.54) is 0 Å². The number of rotatable bonds is 2. The van der Waals surface area contributed by atoms with Gasteiger partial charge < -0.3 is 0 Å². The monoisotopic (exact) mass is 278 g/mol. The van der Waals surface area contributed by atoms with Crippen LogP contribution in [-0.2, 0) is 5.54 Å². The summed E-state index contributed by atoms with van der Waals surface area (Å²) >= 11 is 6.35. The third kappa shape index (κ3) is 2.52. The second-order valence-electron chi connectivity index (χ2n) is 5.67. The topological polar surface area (TPSA) is 34.9 Å². The van der Waals surface area contributed by atoms with Crippen LogP contribution in [0.25, 0.3) is 10.9 Å². The van der Waals surface area contributed by atoms with E-state index in [0.717, 1.165) is 6.42 Å². The first-order valence-electron chi connectivity index (χ1n) is 6.52. The number of aromatic nitrogens is 2. The van der Waals surface area contributed by atoms with Crippen LogP contribution >= 0.6 is 11.6 Å². The highest BCUT2D eigenvalue weighted by Gasteiger charge is 2.24. The molecule has 0 saturated carbocycles. The van der Waals surface area contributed by atoms with Crippen molar-refractivity contribution < 1.29 is 0 Å². The highest BCUT2D eigenvalue weighted by Crippen LogP contribution is 2.26. The number of halogens is 1. The lowest BCUT2D eigenvalue weighted by Gasteiger charge is -2.27. The van der Waals surface area contributed by atoms with Crippen LogP contribution in [0.3, 0.4) is 0 Å². The van der Waals surface area contributed by atoms with Gasteiger partial charge in [0.25, 0.3) is 5.56 Å². The SMILES string of the molecule is CCC(Cl)c1nc2ccccc2c(=O)n1C(C)(C)C. The number of hydrogen-bond acceptors (Lipinski definition) is 2. The molecule has 4 heteroatoms. The van der Waals surface area contributed by atoms with Gasteiger partial charge in [0.2, 0.25) is 0 Å². The van der Waals surface area contributed by atoms with Crippen LogP contribution in [-0.4, -0.2) is 9.55 Å². The molecule has 0 bridgehead atoms. The number of fused-ring (bicyclic) bond motifs is 1. The third-order valence-corrected chi connectivity index (χ3v) is 3.61. The van der Waals surface area contributed by atoms with Gasteiger partial charge in [-0.3, -0.25) is 9.36 Å². The Balaban J connectivity index is 2.89. The molecule has 0 saturated heterocycles. The maximum absolute atomic E-state index is 12.7. The average molecular weight is 279 g/mol. The Hall–Kier alpha value is -1.35. The lowest BCUT2D eigenvalue weighted by molar-refractivity contribution is 0.364. The van der Waals surface area contributed by atoms with E-state index >= 15 is 0 Å². The maximum Gasteiger partial charge on any atom is 0.261 e. The minimum atomic E-state index is -0.342. The fraction of sp³-hybridized carbons (Fsp3) is 0.467. The second-order valence-corrected chi connectivity index (χ2v) is 6.20. The highest BCUT2D eigenvalue weighted by atomic mass is 35.5. The van der Waals surface area contributed by atoms with Gasteiger partial charge in [0.1, 0.15) is 5.82 Å². The van der Waals surface area contributed by atoms with E-state index in [9.17, 15) is 4.79 Å². The van der Waals surface area contributed by atoms with E-state index in [-0.39, 0.29) is 16.5 Å². The smallest absolute Gasteiger partial charge is 0.261 e. The lowest BCUT2D eigenvalue weighted by atomic mass is 10.1. The molecule has 0 N–H and O–H groups in total. The highest BCUT2D eigenvalue weighted by molar-refractivity contribution is 6.20. The Morgan fingerprint density at radius 1 is 1.32 bits per heavy atom. The molecule has 0 amide bonds. The van der Waals surface area contributed by atoms with E-state index in [2.05, 4.69) is 4.98 Å². The number of hydrogen-bond donors (Lipinski definition) is 0. The zero-order chi connectivity index (χ0) is 14.2. The first kappa shape index (κ1) is 14.1. The molecule has 102 valence electrons. The van der Waals surface area contributed by atoms with Crippen LogP contribution in [0.4, 0.5) is 0 Å². The van der Waals surface area contributed by atoms with Crippen LogP contribution in [0.15, 0.2) is 29.1 Å². The van der Waals surface area contributed by atoms with Crippen molar-refractivity contribution in [2.75, 3.05) is 0 Å². The molecule has 19 heavy (non-hydrogen) atoms. The second kappa shape index (κ2) is 4.97. The number of nitrogens with zero attached hydrogens (tertiary/aromatic N) is 2. The zero-order valence-corrected chi connectivity index (χ0v) is 12.5. The molecule has 1 aromatic carbocycles. The van der Waals surface area contributed by atoms with E-state index in [4.69, 9.17) is 11.6 Å². The quantitative estimate of drug-likeness (QED) is 0.782. The molecular weight excluding hydrogens is 260 g/mol. The van der Waals surface area contributed by atoms with Gasteiger partial charge in [-0.1, -0.05) is 19.1 Å². The Morgan fingerprint density at radius 2 is 1.95 bits per heavy atom. The van der Waals surface area contributed by atoms with E-state index in [1.807, 2.05) is 52.0 Å². The van der Waals surface area contributed by atoms with Gasteiger partial charge in [0.15, 0.2) is 0 Å². The van der Waals surface area contributed by atoms with Crippen molar-refractivity contribution in [2.24, 2.45) is 0 Å². The molecule has 1 unspecified atom stereocenters. The summed E-state index contributed by atoms with van der Waals surface area (Å²) in [5.74, 6) is 0.653. The summed E-state index contributed by atoms with van der Waals surface area (Å²) in [6, 6.07) is 7.41. The standard InChI is InChI=1S/C15H19ClN2O/c1-5-11(16)13-17-12-9-7-6-8-10(12)14(19)18(13)15(2,3)4/h6-9,11H,5H2,1-4H3. The van der Waals surface area contributed by atoms with Crippen LogP contribution < -0.4 is 5.56 Å². The van der Waals surface area contributed by atoms with E-state index in [1.54, 1.807) is 4.57 Å². The minimum absolute atomic E-state index is 0.0211. The number of para-hydroxylation sites is 1. The molecule has 1 aromatic heterocycles. The van der Waals surface area contributed by atoms with Crippen molar-refractivity contribution in [3.8, 4) is 0 Å². The first-order valence-corrected chi connectivity index (χ1v) is 6.96. The first-order chi connectivity index (χ1) is 8.86. The van der Waals surface area contributed by atoms with Crippen molar-refractivity contribution >= 4 is 22.5 Å². The molecule has 0 aliphatic heterocycles. The molecule has 0 radical (unpaired) electrons. The zero-order valence-electron chi connectivity index (χ0n) is 11.8. The molecule has 0 fully saturated rings. The molecule has 0 aliphatic carbocycles. The summed E-state index contributed by atoms with van der Waals surface area (Å²) in [5.41, 5.74) is 0.348. The largest absolute Gasteiger partial charge is 0.289 e. The normalized spacial score (nSPS) is 13.7. The summed E-state index contributed by atoms with van der Waals surface area (Å²) < 4.78 is 1.72. The molecular formula is C15H19ClN2O. The fourth-order valence-electron chi connectivity index (χ4n) is 2.19. The summed E-state index contributed by atoms with van der Waals surface area (Å²) in [6.07, 6.45) is 0.739. The number of benzene rings is 1. The Labute approximate surface area is 118 Å². The Kier molecular flexibility index (Phi) is 3.68. The summed E-state index contributed by atoms with van der Waals surface area (Å²) in [5, 5.41) is 0.387. The predicted molar refractivity (Wildman–Crippen MR) is 79.9 cm³/mol. The van der Waals surface area contributed by atoms with Crippen molar-refractivity contribution in [1.29, 1.82) is 0 Å². The summed E-state index contributed by atoms with van der Waals surface area (Å²) in [6.45, 7) is 7.97. The molecule has 1 atom stereocenters.